The minimum Gasteiger partial charge on any atom is -0.336 e. The first-order valence-corrected chi connectivity index (χ1v) is 4.52. The van der Waals surface area contributed by atoms with Crippen LogP contribution in [0.3, 0.4) is 0 Å². The van der Waals surface area contributed by atoms with Crippen molar-refractivity contribution in [3.63, 3.8) is 0 Å². The average molecular weight is 195 g/mol. The van der Waals surface area contributed by atoms with Gasteiger partial charge in [-0.3, -0.25) is 4.79 Å². The highest BCUT2D eigenvalue weighted by Crippen LogP contribution is 2.16. The average Bonchev–Trinajstić information content (AvgIpc) is 2.51. The van der Waals surface area contributed by atoms with Crippen molar-refractivity contribution in [2.45, 2.75) is 19.9 Å². The Hall–Kier alpha value is -1.41. The smallest absolute Gasteiger partial charge is 0.296 e. The predicted octanol–water partition coefficient (Wildman–Crippen LogP) is 0.657. The van der Waals surface area contributed by atoms with Crippen LogP contribution in [0.4, 0.5) is 0 Å². The molecule has 0 spiro atoms. The second kappa shape index (κ2) is 4.01. The number of nitrogens with one attached hydrogen (secondary N) is 1. The summed E-state index contributed by atoms with van der Waals surface area (Å²) in [6.45, 7) is 3.67. The van der Waals surface area contributed by atoms with Crippen LogP contribution in [-0.2, 0) is 4.79 Å². The van der Waals surface area contributed by atoms with Gasteiger partial charge in [0, 0.05) is 0 Å². The van der Waals surface area contributed by atoms with Gasteiger partial charge in [-0.05, 0) is 19.8 Å². The van der Waals surface area contributed by atoms with Gasteiger partial charge in [0.1, 0.15) is 10.0 Å². The van der Waals surface area contributed by atoms with Crippen LogP contribution >= 0.6 is 11.3 Å². The highest BCUT2D eigenvalue weighted by molar-refractivity contribution is 7.11. The molecular weight excluding hydrogens is 186 g/mol. The van der Waals surface area contributed by atoms with Crippen molar-refractivity contribution >= 4 is 17.2 Å². The van der Waals surface area contributed by atoms with Crippen LogP contribution in [0.5, 0.6) is 0 Å². The lowest BCUT2D eigenvalue weighted by Crippen LogP contribution is -2.24. The first kappa shape index (κ1) is 9.68. The summed E-state index contributed by atoms with van der Waals surface area (Å²) >= 11 is 1.44. The molecule has 1 atom stereocenters. The van der Waals surface area contributed by atoms with E-state index in [1.165, 1.54) is 11.3 Å². The molecule has 0 fully saturated rings. The number of terminal acetylenes is 1. The molecule has 0 aliphatic rings. The highest BCUT2D eigenvalue weighted by Gasteiger charge is 2.11. The Labute approximate surface area is 80.4 Å². The van der Waals surface area contributed by atoms with E-state index < -0.39 is 5.91 Å². The molecule has 0 aliphatic heterocycles. The molecule has 1 N–H and O–H groups in total. The van der Waals surface area contributed by atoms with Gasteiger partial charge in [-0.2, -0.15) is 0 Å². The number of aromatic nitrogens is 2. The first-order chi connectivity index (χ1) is 6.13. The van der Waals surface area contributed by atoms with Gasteiger partial charge >= 0.3 is 0 Å². The Balaban J connectivity index is 2.64. The van der Waals surface area contributed by atoms with Crippen molar-refractivity contribution in [2.24, 2.45) is 0 Å². The lowest BCUT2D eigenvalue weighted by Gasteiger charge is -2.06. The summed E-state index contributed by atoms with van der Waals surface area (Å²) in [4.78, 5) is 10.8. The van der Waals surface area contributed by atoms with E-state index in [4.69, 9.17) is 6.42 Å². The fourth-order valence-electron chi connectivity index (χ4n) is 0.787. The minimum atomic E-state index is -0.430. The maximum absolute atomic E-state index is 10.8. The molecule has 1 aromatic heterocycles. The van der Waals surface area contributed by atoms with Gasteiger partial charge in [0.25, 0.3) is 5.91 Å². The topological polar surface area (TPSA) is 54.9 Å². The van der Waals surface area contributed by atoms with E-state index in [0.29, 0.717) is 0 Å². The largest absolute Gasteiger partial charge is 0.336 e. The number of nitrogens with zero attached hydrogens (tertiary/aromatic N) is 2. The van der Waals surface area contributed by atoms with E-state index in [-0.39, 0.29) is 6.04 Å². The van der Waals surface area contributed by atoms with Crippen LogP contribution in [0.2, 0.25) is 0 Å². The van der Waals surface area contributed by atoms with Crippen molar-refractivity contribution < 1.29 is 4.79 Å². The number of aryl methyl sites for hydroxylation is 1. The summed E-state index contributed by atoms with van der Waals surface area (Å²) in [6, 6.07) is -0.172. The molecule has 0 aromatic carbocycles. The zero-order valence-corrected chi connectivity index (χ0v) is 8.18. The van der Waals surface area contributed by atoms with Gasteiger partial charge in [0.2, 0.25) is 0 Å². The monoisotopic (exact) mass is 195 g/mol. The molecule has 68 valence electrons. The van der Waals surface area contributed by atoms with E-state index in [0.717, 1.165) is 10.0 Å². The third-order valence-electron chi connectivity index (χ3n) is 1.39. The normalized spacial score (nSPS) is 11.8. The quantitative estimate of drug-likeness (QED) is 0.705. The summed E-state index contributed by atoms with van der Waals surface area (Å²) in [5.41, 5.74) is 0. The van der Waals surface area contributed by atoms with Crippen molar-refractivity contribution in [3.05, 3.63) is 10.0 Å². The van der Waals surface area contributed by atoms with Crippen LogP contribution in [0, 0.1) is 19.3 Å². The van der Waals surface area contributed by atoms with Gasteiger partial charge in [0.05, 0.1) is 6.04 Å². The number of rotatable bonds is 2. The van der Waals surface area contributed by atoms with Gasteiger partial charge in [0.15, 0.2) is 0 Å². The third kappa shape index (κ3) is 2.53. The molecule has 4 nitrogen and oxygen atoms in total. The van der Waals surface area contributed by atoms with Gasteiger partial charge < -0.3 is 5.32 Å². The molecule has 5 heteroatoms. The molecule has 0 saturated heterocycles. The number of amides is 1. The number of hydrogen-bond donors (Lipinski definition) is 1. The summed E-state index contributed by atoms with van der Waals surface area (Å²) in [7, 11) is 0. The SMILES string of the molecule is C#CC(=O)NC(C)c1nnc(C)s1. The molecule has 1 heterocycles. The minimum absolute atomic E-state index is 0.172. The van der Waals surface area contributed by atoms with Crippen molar-refractivity contribution in [1.82, 2.24) is 15.5 Å². The zero-order valence-electron chi connectivity index (χ0n) is 7.37. The molecule has 0 bridgehead atoms. The Bertz CT molecular complexity index is 353. The lowest BCUT2D eigenvalue weighted by atomic mass is 10.3. The van der Waals surface area contributed by atoms with Crippen molar-refractivity contribution in [3.8, 4) is 12.3 Å². The number of hydrogen-bond acceptors (Lipinski definition) is 4. The first-order valence-electron chi connectivity index (χ1n) is 3.70. The Kier molecular flexibility index (Phi) is 2.98. The van der Waals surface area contributed by atoms with E-state index in [1.807, 2.05) is 19.8 Å². The Morgan fingerprint density at radius 3 is 2.85 bits per heavy atom. The van der Waals surface area contributed by atoms with Crippen LogP contribution in [-0.4, -0.2) is 16.1 Å². The highest BCUT2D eigenvalue weighted by atomic mass is 32.1. The summed E-state index contributed by atoms with van der Waals surface area (Å²) in [6.07, 6.45) is 4.91. The summed E-state index contributed by atoms with van der Waals surface area (Å²) in [5, 5.41) is 12.0. The fourth-order valence-corrected chi connectivity index (χ4v) is 1.49. The fraction of sp³-hybridized carbons (Fsp3) is 0.375. The Morgan fingerprint density at radius 1 is 1.69 bits per heavy atom. The second-order valence-corrected chi connectivity index (χ2v) is 3.71. The second-order valence-electron chi connectivity index (χ2n) is 2.50. The standard InChI is InChI=1S/C8H9N3OS/c1-4-7(12)9-5(2)8-11-10-6(3)13-8/h1,5H,2-3H3,(H,9,12). The van der Waals surface area contributed by atoms with Gasteiger partial charge in [-0.15, -0.1) is 16.6 Å². The van der Waals surface area contributed by atoms with Crippen LogP contribution in [0.25, 0.3) is 0 Å². The molecule has 1 aromatic rings. The maximum Gasteiger partial charge on any atom is 0.296 e. The molecule has 1 unspecified atom stereocenters. The van der Waals surface area contributed by atoms with Crippen molar-refractivity contribution in [1.29, 1.82) is 0 Å². The van der Waals surface area contributed by atoms with E-state index in [9.17, 15) is 4.79 Å². The predicted molar refractivity (Wildman–Crippen MR) is 50.0 cm³/mol. The maximum atomic E-state index is 10.8. The van der Waals surface area contributed by atoms with Crippen LogP contribution in [0.1, 0.15) is 23.0 Å². The molecule has 1 rings (SSSR count). The van der Waals surface area contributed by atoms with E-state index in [1.54, 1.807) is 0 Å². The van der Waals surface area contributed by atoms with E-state index in [2.05, 4.69) is 15.5 Å². The van der Waals surface area contributed by atoms with Crippen LogP contribution < -0.4 is 5.32 Å². The van der Waals surface area contributed by atoms with Gasteiger partial charge in [-0.25, -0.2) is 0 Å². The molecule has 13 heavy (non-hydrogen) atoms. The third-order valence-corrected chi connectivity index (χ3v) is 2.41. The number of carbonyl (C=O) groups excluding carboxylic acids is 1. The zero-order chi connectivity index (χ0) is 9.84. The number of carbonyl (C=O) groups is 1. The van der Waals surface area contributed by atoms with E-state index >= 15 is 0 Å². The molecular formula is C8H9N3OS. The molecule has 1 amide bonds. The summed E-state index contributed by atoms with van der Waals surface area (Å²) in [5.74, 6) is 1.55. The Morgan fingerprint density at radius 2 is 2.38 bits per heavy atom. The molecule has 0 saturated carbocycles. The van der Waals surface area contributed by atoms with Crippen LogP contribution in [0.15, 0.2) is 0 Å². The van der Waals surface area contributed by atoms with Crippen molar-refractivity contribution in [2.75, 3.05) is 0 Å². The molecule has 0 radical (unpaired) electrons. The summed E-state index contributed by atoms with van der Waals surface area (Å²) < 4.78 is 0. The van der Waals surface area contributed by atoms with Gasteiger partial charge in [-0.1, -0.05) is 11.3 Å². The lowest BCUT2D eigenvalue weighted by molar-refractivity contribution is -0.116. The molecule has 0 aliphatic carbocycles.